The van der Waals surface area contributed by atoms with Crippen molar-refractivity contribution in [3.05, 3.63) is 73.4 Å². The Morgan fingerprint density at radius 2 is 2.00 bits per heavy atom. The quantitative estimate of drug-likeness (QED) is 0.423. The summed E-state index contributed by atoms with van der Waals surface area (Å²) in [6.45, 7) is 0.127. The molecule has 0 atom stereocenters. The molecule has 4 aromatic rings. The Morgan fingerprint density at radius 1 is 1.20 bits per heavy atom. The molecule has 4 rings (SSSR count). The second kappa shape index (κ2) is 7.62. The van der Waals surface area contributed by atoms with Crippen LogP contribution in [0.5, 0.6) is 0 Å². The number of nitrogens with one attached hydrogen (secondary N) is 3. The zero-order valence-electron chi connectivity index (χ0n) is 14.9. The smallest absolute Gasteiger partial charge is 0.350 e. The first-order valence-corrected chi connectivity index (χ1v) is 9.71. The highest BCUT2D eigenvalue weighted by Crippen LogP contribution is 2.36. The highest BCUT2D eigenvalue weighted by Gasteiger charge is 2.34. The number of pyridine rings is 1. The van der Waals surface area contributed by atoms with Gasteiger partial charge in [-0.05, 0) is 29.8 Å². The van der Waals surface area contributed by atoms with E-state index >= 15 is 0 Å². The number of H-pyrrole nitrogens is 2. The van der Waals surface area contributed by atoms with Crippen LogP contribution in [0.3, 0.4) is 0 Å². The summed E-state index contributed by atoms with van der Waals surface area (Å²) in [5.41, 5.74) is -1.89. The summed E-state index contributed by atoms with van der Waals surface area (Å²) in [5, 5.41) is 8.63. The molecule has 0 aliphatic carbocycles. The third-order valence-electron chi connectivity index (χ3n) is 4.37. The lowest BCUT2D eigenvalue weighted by atomic mass is 10.0. The van der Waals surface area contributed by atoms with E-state index in [4.69, 9.17) is 11.6 Å². The van der Waals surface area contributed by atoms with Gasteiger partial charge in [0.2, 0.25) is 0 Å². The van der Waals surface area contributed by atoms with Gasteiger partial charge in [-0.1, -0.05) is 11.6 Å². The van der Waals surface area contributed by atoms with Crippen LogP contribution in [-0.2, 0) is 12.7 Å². The summed E-state index contributed by atoms with van der Waals surface area (Å²) in [6, 6.07) is 6.62. The van der Waals surface area contributed by atoms with Crippen LogP contribution in [0.15, 0.2) is 47.5 Å². The first-order valence-electron chi connectivity index (χ1n) is 8.52. The standard InChI is InChI=1S/C19H12ClF3N4O2S/c20-16-2-1-11(30-16)8-24-18(29)14-5-15(28)12-3-9(10-6-25-26-7-10)4-13(17(12)27-14)19(21,22)23/h1-7H,8H2,(H,24,29)(H,25,26)(H,27,28). The minimum atomic E-state index is -4.75. The van der Waals surface area contributed by atoms with Gasteiger partial charge in [-0.2, -0.15) is 18.3 Å². The summed E-state index contributed by atoms with van der Waals surface area (Å²) >= 11 is 7.09. The number of fused-ring (bicyclic) bond motifs is 1. The van der Waals surface area contributed by atoms with E-state index in [0.717, 1.165) is 17.0 Å². The van der Waals surface area contributed by atoms with E-state index in [2.05, 4.69) is 20.5 Å². The van der Waals surface area contributed by atoms with Crippen molar-refractivity contribution in [2.24, 2.45) is 0 Å². The predicted octanol–water partition coefficient (Wildman–Crippen LogP) is 4.58. The van der Waals surface area contributed by atoms with Crippen LogP contribution in [-0.4, -0.2) is 21.1 Å². The van der Waals surface area contributed by atoms with Gasteiger partial charge in [0, 0.05) is 28.1 Å². The van der Waals surface area contributed by atoms with E-state index in [-0.39, 0.29) is 23.2 Å². The van der Waals surface area contributed by atoms with Crippen molar-refractivity contribution in [1.29, 1.82) is 0 Å². The topological polar surface area (TPSA) is 90.6 Å². The van der Waals surface area contributed by atoms with Gasteiger partial charge in [0.1, 0.15) is 5.69 Å². The van der Waals surface area contributed by atoms with Gasteiger partial charge in [-0.15, -0.1) is 11.3 Å². The van der Waals surface area contributed by atoms with Crippen molar-refractivity contribution in [3.63, 3.8) is 0 Å². The molecule has 1 aromatic carbocycles. The molecule has 30 heavy (non-hydrogen) atoms. The number of thiophene rings is 1. The molecule has 0 bridgehead atoms. The maximum absolute atomic E-state index is 13.7. The summed E-state index contributed by atoms with van der Waals surface area (Å²) in [5.74, 6) is -0.703. The van der Waals surface area contributed by atoms with Gasteiger partial charge in [0.25, 0.3) is 5.91 Å². The average Bonchev–Trinajstić information content (AvgIpc) is 3.36. The van der Waals surface area contributed by atoms with Crippen molar-refractivity contribution in [2.75, 3.05) is 0 Å². The van der Waals surface area contributed by atoms with Crippen molar-refractivity contribution < 1.29 is 18.0 Å². The lowest BCUT2D eigenvalue weighted by Crippen LogP contribution is -2.25. The molecule has 154 valence electrons. The Bertz CT molecular complexity index is 1300. The van der Waals surface area contributed by atoms with Crippen molar-refractivity contribution in [1.82, 2.24) is 20.5 Å². The SMILES string of the molecule is O=C(NCc1ccc(Cl)s1)c1cc(=O)c2cc(-c3cn[nH]c3)cc(C(F)(F)F)c2[nH]1. The monoisotopic (exact) mass is 452 g/mol. The third kappa shape index (κ3) is 3.96. The number of benzene rings is 1. The summed E-state index contributed by atoms with van der Waals surface area (Å²) < 4.78 is 41.7. The number of aromatic amines is 2. The van der Waals surface area contributed by atoms with E-state index in [9.17, 15) is 22.8 Å². The fourth-order valence-electron chi connectivity index (χ4n) is 2.98. The Labute approximate surface area is 175 Å². The molecule has 0 aliphatic rings. The van der Waals surface area contributed by atoms with Gasteiger partial charge in [0.05, 0.1) is 28.2 Å². The number of aromatic nitrogens is 3. The lowest BCUT2D eigenvalue weighted by Gasteiger charge is -2.13. The van der Waals surface area contributed by atoms with Crippen LogP contribution in [0.4, 0.5) is 13.2 Å². The number of nitrogens with zero attached hydrogens (tertiary/aromatic N) is 1. The van der Waals surface area contributed by atoms with Crippen LogP contribution in [0.25, 0.3) is 22.0 Å². The molecule has 3 N–H and O–H groups in total. The molecular weight excluding hydrogens is 441 g/mol. The fourth-order valence-corrected chi connectivity index (χ4v) is 4.01. The first kappa shape index (κ1) is 20.2. The molecule has 11 heteroatoms. The third-order valence-corrected chi connectivity index (χ3v) is 5.60. The Hall–Kier alpha value is -3.11. The number of alkyl halides is 3. The molecule has 0 spiro atoms. The number of hydrogen-bond acceptors (Lipinski definition) is 4. The maximum atomic E-state index is 13.7. The molecule has 0 radical (unpaired) electrons. The van der Waals surface area contributed by atoms with Crippen molar-refractivity contribution >= 4 is 39.7 Å². The van der Waals surface area contributed by atoms with Gasteiger partial charge in [0.15, 0.2) is 5.43 Å². The first-order chi connectivity index (χ1) is 14.2. The average molecular weight is 453 g/mol. The molecular formula is C19H12ClF3N4O2S. The molecule has 0 saturated heterocycles. The van der Waals surface area contributed by atoms with E-state index in [1.807, 2.05) is 0 Å². The Kier molecular flexibility index (Phi) is 5.12. The van der Waals surface area contributed by atoms with E-state index in [1.54, 1.807) is 12.1 Å². The molecule has 3 aromatic heterocycles. The zero-order chi connectivity index (χ0) is 21.5. The molecule has 0 aliphatic heterocycles. The van der Waals surface area contributed by atoms with Crippen LogP contribution in [0.2, 0.25) is 4.34 Å². The second-order valence-corrected chi connectivity index (χ2v) is 8.17. The molecule has 1 amide bonds. The van der Waals surface area contributed by atoms with Crippen LogP contribution in [0, 0.1) is 0 Å². The van der Waals surface area contributed by atoms with Crippen molar-refractivity contribution in [3.8, 4) is 11.1 Å². The largest absolute Gasteiger partial charge is 0.418 e. The van der Waals surface area contributed by atoms with Crippen LogP contribution < -0.4 is 10.7 Å². The number of carbonyl (C=O) groups is 1. The van der Waals surface area contributed by atoms with Crippen molar-refractivity contribution in [2.45, 2.75) is 12.7 Å². The number of amides is 1. The highest BCUT2D eigenvalue weighted by atomic mass is 35.5. The number of rotatable bonds is 4. The molecule has 0 unspecified atom stereocenters. The molecule has 6 nitrogen and oxygen atoms in total. The predicted molar refractivity (Wildman–Crippen MR) is 108 cm³/mol. The number of halogens is 4. The minimum Gasteiger partial charge on any atom is -0.350 e. The number of hydrogen-bond donors (Lipinski definition) is 3. The van der Waals surface area contributed by atoms with Crippen LogP contribution >= 0.6 is 22.9 Å². The normalized spacial score (nSPS) is 11.7. The van der Waals surface area contributed by atoms with Gasteiger partial charge < -0.3 is 10.3 Å². The fraction of sp³-hybridized carbons (Fsp3) is 0.105. The van der Waals surface area contributed by atoms with E-state index < -0.39 is 28.6 Å². The number of carbonyl (C=O) groups excluding carboxylic acids is 1. The van der Waals surface area contributed by atoms with E-state index in [1.165, 1.54) is 29.8 Å². The lowest BCUT2D eigenvalue weighted by molar-refractivity contribution is -0.136. The summed E-state index contributed by atoms with van der Waals surface area (Å²) in [7, 11) is 0. The van der Waals surface area contributed by atoms with Gasteiger partial charge >= 0.3 is 6.18 Å². The summed E-state index contributed by atoms with van der Waals surface area (Å²) in [6.07, 6.45) is -1.97. The molecule has 0 saturated carbocycles. The van der Waals surface area contributed by atoms with Gasteiger partial charge in [-0.25, -0.2) is 0 Å². The zero-order valence-corrected chi connectivity index (χ0v) is 16.5. The Balaban J connectivity index is 1.77. The van der Waals surface area contributed by atoms with Crippen LogP contribution in [0.1, 0.15) is 20.9 Å². The van der Waals surface area contributed by atoms with Gasteiger partial charge in [-0.3, -0.25) is 14.7 Å². The minimum absolute atomic E-state index is 0.127. The molecule has 0 fully saturated rings. The maximum Gasteiger partial charge on any atom is 0.418 e. The highest BCUT2D eigenvalue weighted by molar-refractivity contribution is 7.16. The molecule has 3 heterocycles. The van der Waals surface area contributed by atoms with E-state index in [0.29, 0.717) is 9.90 Å². The second-order valence-electron chi connectivity index (χ2n) is 6.37. The summed E-state index contributed by atoms with van der Waals surface area (Å²) in [4.78, 5) is 28.2. The Morgan fingerprint density at radius 3 is 2.63 bits per heavy atom.